The van der Waals surface area contributed by atoms with Crippen molar-refractivity contribution < 1.29 is 0 Å². The zero-order valence-corrected chi connectivity index (χ0v) is 10.0. The molecule has 1 aromatic carbocycles. The molecular formula is C10H10BrN5. The Morgan fingerprint density at radius 1 is 1.25 bits per heavy atom. The molecule has 2 N–H and O–H groups in total. The van der Waals surface area contributed by atoms with Crippen LogP contribution >= 0.6 is 15.9 Å². The van der Waals surface area contributed by atoms with Crippen LogP contribution in [0.5, 0.6) is 0 Å². The number of benzene rings is 1. The average molecular weight is 280 g/mol. The second-order valence-electron chi connectivity index (χ2n) is 3.60. The van der Waals surface area contributed by atoms with E-state index in [2.05, 4.69) is 41.8 Å². The van der Waals surface area contributed by atoms with Gasteiger partial charge in [0.05, 0.1) is 11.3 Å². The summed E-state index contributed by atoms with van der Waals surface area (Å²) in [6.07, 6.45) is -0.0491. The maximum Gasteiger partial charge on any atom is 0.183 e. The van der Waals surface area contributed by atoms with Gasteiger partial charge >= 0.3 is 0 Å². The summed E-state index contributed by atoms with van der Waals surface area (Å²) in [7, 11) is 0. The second kappa shape index (κ2) is 4.04. The van der Waals surface area contributed by atoms with Crippen LogP contribution in [0.3, 0.4) is 0 Å². The van der Waals surface area contributed by atoms with Crippen LogP contribution in [-0.4, -0.2) is 25.2 Å². The molecule has 0 aromatic heterocycles. The van der Waals surface area contributed by atoms with E-state index in [1.165, 1.54) is 0 Å². The molecule has 1 fully saturated rings. The normalized spacial score (nSPS) is 21.9. The van der Waals surface area contributed by atoms with Crippen LogP contribution in [0.25, 0.3) is 0 Å². The van der Waals surface area contributed by atoms with E-state index in [4.69, 9.17) is 0 Å². The van der Waals surface area contributed by atoms with Crippen molar-refractivity contribution >= 4 is 27.5 Å². The smallest absolute Gasteiger partial charge is 0.183 e. The number of nitrogens with zero attached hydrogens (tertiary/aromatic N) is 3. The van der Waals surface area contributed by atoms with Gasteiger partial charge in [0.15, 0.2) is 12.1 Å². The molecule has 2 heterocycles. The summed E-state index contributed by atoms with van der Waals surface area (Å²) >= 11 is 3.50. The fourth-order valence-electron chi connectivity index (χ4n) is 1.76. The lowest BCUT2D eigenvalue weighted by Gasteiger charge is -2.05. The highest BCUT2D eigenvalue weighted by Crippen LogP contribution is 2.33. The molecule has 0 aliphatic carbocycles. The highest BCUT2D eigenvalue weighted by molar-refractivity contribution is 9.10. The SMILES string of the molecule is Brc1cccc2c1C(=NC1NCCN1)N=N2. The van der Waals surface area contributed by atoms with Gasteiger partial charge in [0.1, 0.15) is 0 Å². The lowest BCUT2D eigenvalue weighted by molar-refractivity contribution is 0.580. The van der Waals surface area contributed by atoms with Crippen LogP contribution < -0.4 is 10.6 Å². The summed E-state index contributed by atoms with van der Waals surface area (Å²) in [5.74, 6) is 0.675. The zero-order chi connectivity index (χ0) is 11.0. The maximum atomic E-state index is 4.48. The quantitative estimate of drug-likeness (QED) is 0.823. The van der Waals surface area contributed by atoms with Crippen molar-refractivity contribution in [2.75, 3.05) is 13.1 Å². The second-order valence-corrected chi connectivity index (χ2v) is 4.45. The van der Waals surface area contributed by atoms with Crippen LogP contribution in [0.4, 0.5) is 5.69 Å². The minimum Gasteiger partial charge on any atom is -0.282 e. The number of hydrogen-bond acceptors (Lipinski definition) is 4. The Morgan fingerprint density at radius 3 is 2.88 bits per heavy atom. The van der Waals surface area contributed by atoms with Crippen LogP contribution in [-0.2, 0) is 0 Å². The first-order valence-corrected chi connectivity index (χ1v) is 5.89. The van der Waals surface area contributed by atoms with Gasteiger partial charge in [-0.15, -0.1) is 10.2 Å². The minimum absolute atomic E-state index is 0.0491. The van der Waals surface area contributed by atoms with Crippen molar-refractivity contribution in [1.29, 1.82) is 0 Å². The van der Waals surface area contributed by atoms with E-state index < -0.39 is 0 Å². The molecule has 6 heteroatoms. The monoisotopic (exact) mass is 279 g/mol. The van der Waals surface area contributed by atoms with Crippen LogP contribution in [0.2, 0.25) is 0 Å². The van der Waals surface area contributed by atoms with Gasteiger partial charge in [-0.25, -0.2) is 4.99 Å². The third kappa shape index (κ3) is 1.68. The molecule has 0 radical (unpaired) electrons. The summed E-state index contributed by atoms with van der Waals surface area (Å²) in [6.45, 7) is 1.86. The summed E-state index contributed by atoms with van der Waals surface area (Å²) in [5.41, 5.74) is 1.84. The first-order valence-electron chi connectivity index (χ1n) is 5.10. The van der Waals surface area contributed by atoms with E-state index in [1.807, 2.05) is 18.2 Å². The maximum absolute atomic E-state index is 4.48. The number of rotatable bonds is 1. The summed E-state index contributed by atoms with van der Waals surface area (Å²) in [6, 6.07) is 5.85. The first-order chi connectivity index (χ1) is 7.84. The van der Waals surface area contributed by atoms with Crippen molar-refractivity contribution in [2.45, 2.75) is 6.29 Å². The van der Waals surface area contributed by atoms with Gasteiger partial charge in [0, 0.05) is 17.6 Å². The van der Waals surface area contributed by atoms with Gasteiger partial charge in [-0.05, 0) is 28.1 Å². The third-order valence-electron chi connectivity index (χ3n) is 2.52. The number of amidine groups is 1. The Kier molecular flexibility index (Phi) is 2.55. The molecular weight excluding hydrogens is 270 g/mol. The average Bonchev–Trinajstić information content (AvgIpc) is 2.90. The van der Waals surface area contributed by atoms with Crippen LogP contribution in [0.15, 0.2) is 37.9 Å². The molecule has 0 spiro atoms. The van der Waals surface area contributed by atoms with E-state index in [1.54, 1.807) is 0 Å². The molecule has 3 rings (SSSR count). The highest BCUT2D eigenvalue weighted by Gasteiger charge is 2.21. The molecule has 2 aliphatic rings. The van der Waals surface area contributed by atoms with E-state index in [0.717, 1.165) is 28.8 Å². The molecule has 0 atom stereocenters. The number of nitrogens with one attached hydrogen (secondary N) is 2. The predicted octanol–water partition coefficient (Wildman–Crippen LogP) is 1.77. The first kappa shape index (κ1) is 10.1. The molecule has 1 aromatic rings. The highest BCUT2D eigenvalue weighted by atomic mass is 79.9. The standard InChI is InChI=1S/C10H10BrN5/c11-6-2-1-3-7-8(6)9(16-15-7)14-10-12-4-5-13-10/h1-3,10,12-13H,4-5H2. The largest absolute Gasteiger partial charge is 0.282 e. The summed E-state index contributed by atoms with van der Waals surface area (Å²) < 4.78 is 0.978. The Hall–Kier alpha value is -1.11. The van der Waals surface area contributed by atoms with Gasteiger partial charge < -0.3 is 0 Å². The number of halogens is 1. The number of azo groups is 1. The van der Waals surface area contributed by atoms with Gasteiger partial charge in [0.25, 0.3) is 0 Å². The molecule has 5 nitrogen and oxygen atoms in total. The summed E-state index contributed by atoms with van der Waals surface area (Å²) in [4.78, 5) is 4.48. The molecule has 0 saturated carbocycles. The molecule has 2 aliphatic heterocycles. The zero-order valence-electron chi connectivity index (χ0n) is 8.44. The molecule has 0 amide bonds. The lowest BCUT2D eigenvalue weighted by atomic mass is 10.2. The summed E-state index contributed by atoms with van der Waals surface area (Å²) in [5, 5.41) is 14.6. The van der Waals surface area contributed by atoms with Crippen molar-refractivity contribution in [1.82, 2.24) is 10.6 Å². The Morgan fingerprint density at radius 2 is 2.06 bits per heavy atom. The predicted molar refractivity (Wildman–Crippen MR) is 65.0 cm³/mol. The molecule has 0 bridgehead atoms. The molecule has 1 saturated heterocycles. The third-order valence-corrected chi connectivity index (χ3v) is 3.18. The van der Waals surface area contributed by atoms with Crippen molar-refractivity contribution in [2.24, 2.45) is 15.2 Å². The molecule has 0 unspecified atom stereocenters. The number of fused-ring (bicyclic) bond motifs is 1. The number of hydrogen-bond donors (Lipinski definition) is 2. The Balaban J connectivity index is 1.98. The van der Waals surface area contributed by atoms with Crippen molar-refractivity contribution in [3.05, 3.63) is 28.2 Å². The van der Waals surface area contributed by atoms with E-state index >= 15 is 0 Å². The topological polar surface area (TPSA) is 61.1 Å². The van der Waals surface area contributed by atoms with Crippen LogP contribution in [0.1, 0.15) is 5.56 Å². The van der Waals surface area contributed by atoms with E-state index in [9.17, 15) is 0 Å². The van der Waals surface area contributed by atoms with Crippen molar-refractivity contribution in [3.63, 3.8) is 0 Å². The fourth-order valence-corrected chi connectivity index (χ4v) is 2.30. The van der Waals surface area contributed by atoms with Crippen LogP contribution in [0, 0.1) is 0 Å². The van der Waals surface area contributed by atoms with E-state index in [-0.39, 0.29) is 6.29 Å². The lowest BCUT2D eigenvalue weighted by Crippen LogP contribution is -2.29. The van der Waals surface area contributed by atoms with Crippen molar-refractivity contribution in [3.8, 4) is 0 Å². The molecule has 16 heavy (non-hydrogen) atoms. The van der Waals surface area contributed by atoms with Gasteiger partial charge in [0.2, 0.25) is 0 Å². The van der Waals surface area contributed by atoms with Gasteiger partial charge in [-0.2, -0.15) is 0 Å². The Bertz CT molecular complexity index is 476. The number of aliphatic imine (C=N–C) groups is 1. The Labute approximate surface area is 101 Å². The minimum atomic E-state index is -0.0491. The van der Waals surface area contributed by atoms with Gasteiger partial charge in [-0.3, -0.25) is 10.6 Å². The fraction of sp³-hybridized carbons (Fsp3) is 0.300. The molecule has 82 valence electrons. The van der Waals surface area contributed by atoms with E-state index in [0.29, 0.717) is 5.84 Å². The van der Waals surface area contributed by atoms with Gasteiger partial charge in [-0.1, -0.05) is 6.07 Å².